The van der Waals surface area contributed by atoms with E-state index in [4.69, 9.17) is 25.5 Å². The van der Waals surface area contributed by atoms with Gasteiger partial charge in [-0.1, -0.05) is 11.6 Å². The lowest BCUT2D eigenvalue weighted by molar-refractivity contribution is -0.122. The van der Waals surface area contributed by atoms with E-state index in [1.807, 2.05) is 6.92 Å². The molecule has 1 aliphatic carbocycles. The Hall–Kier alpha value is -2.91. The van der Waals surface area contributed by atoms with Crippen molar-refractivity contribution in [1.82, 2.24) is 15.6 Å². The first-order valence-electron chi connectivity index (χ1n) is 10.3. The number of amides is 2. The Labute approximate surface area is 189 Å². The summed E-state index contributed by atoms with van der Waals surface area (Å²) in [5.74, 6) is -0.302. The predicted octanol–water partition coefficient (Wildman–Crippen LogP) is 3.33. The maximum Gasteiger partial charge on any atom is 0.289 e. The molecule has 2 aliphatic rings. The molecule has 0 bridgehead atoms. The van der Waals surface area contributed by atoms with Crippen LogP contribution in [-0.4, -0.2) is 42.2 Å². The van der Waals surface area contributed by atoms with E-state index >= 15 is 0 Å². The lowest BCUT2D eigenvalue weighted by Gasteiger charge is -2.37. The molecule has 4 rings (SSSR count). The zero-order chi connectivity index (χ0) is 22.7. The van der Waals surface area contributed by atoms with Crippen LogP contribution in [0.4, 0.5) is 4.39 Å². The number of carbonyl (C=O) groups is 2. The topological polar surface area (TPSA) is 103 Å². The van der Waals surface area contributed by atoms with Crippen molar-refractivity contribution in [2.75, 3.05) is 19.8 Å². The summed E-state index contributed by atoms with van der Waals surface area (Å²) in [6.07, 6.45) is 5.26. The normalized spacial score (nSPS) is 20.8. The van der Waals surface area contributed by atoms with E-state index in [9.17, 15) is 14.0 Å². The van der Waals surface area contributed by atoms with Gasteiger partial charge in [0.1, 0.15) is 11.6 Å². The Morgan fingerprint density at radius 3 is 2.81 bits per heavy atom. The first kappa shape index (κ1) is 22.3. The minimum absolute atomic E-state index is 0.0205. The number of carbonyl (C=O) groups excluding carboxylic acids is 2. The van der Waals surface area contributed by atoms with E-state index in [2.05, 4.69) is 15.6 Å². The van der Waals surface area contributed by atoms with Gasteiger partial charge in [-0.3, -0.25) is 9.59 Å². The van der Waals surface area contributed by atoms with Gasteiger partial charge in [-0.05, 0) is 38.0 Å². The summed E-state index contributed by atoms with van der Waals surface area (Å²) in [6.45, 7) is 2.87. The Morgan fingerprint density at radius 1 is 1.34 bits per heavy atom. The Kier molecular flexibility index (Phi) is 6.48. The van der Waals surface area contributed by atoms with Crippen molar-refractivity contribution in [2.45, 2.75) is 37.6 Å². The number of ether oxygens (including phenoxy) is 2. The van der Waals surface area contributed by atoms with Gasteiger partial charge in [0.15, 0.2) is 12.5 Å². The highest BCUT2D eigenvalue weighted by Gasteiger charge is 2.35. The molecule has 1 aliphatic heterocycles. The number of aromatic nitrogens is 1. The minimum atomic E-state index is -0.621. The van der Waals surface area contributed by atoms with E-state index in [1.54, 1.807) is 6.08 Å². The van der Waals surface area contributed by atoms with Gasteiger partial charge >= 0.3 is 0 Å². The van der Waals surface area contributed by atoms with Gasteiger partial charge in [-0.15, -0.1) is 0 Å². The molecule has 2 amide bonds. The third kappa shape index (κ3) is 5.28. The van der Waals surface area contributed by atoms with E-state index < -0.39 is 17.3 Å². The van der Waals surface area contributed by atoms with Crippen LogP contribution >= 0.6 is 11.6 Å². The molecule has 0 radical (unpaired) electrons. The minimum Gasteiger partial charge on any atom is -0.484 e. The number of nitrogens with zero attached hydrogens (tertiary/aromatic N) is 1. The second-order valence-electron chi connectivity index (χ2n) is 8.08. The van der Waals surface area contributed by atoms with E-state index in [1.165, 1.54) is 18.3 Å². The fourth-order valence-corrected chi connectivity index (χ4v) is 3.81. The third-order valence-corrected chi connectivity index (χ3v) is 5.63. The Balaban J connectivity index is 1.25. The molecule has 1 aromatic carbocycles. The van der Waals surface area contributed by atoms with Crippen LogP contribution in [0.5, 0.6) is 5.75 Å². The molecule has 2 N–H and O–H groups in total. The summed E-state index contributed by atoms with van der Waals surface area (Å²) in [4.78, 5) is 28.9. The number of halogens is 2. The van der Waals surface area contributed by atoms with E-state index in [0.29, 0.717) is 31.2 Å². The quantitative estimate of drug-likeness (QED) is 0.653. The molecule has 170 valence electrons. The first-order valence-corrected chi connectivity index (χ1v) is 10.6. The van der Waals surface area contributed by atoms with Crippen molar-refractivity contribution in [3.05, 3.63) is 58.7 Å². The van der Waals surface area contributed by atoms with Crippen LogP contribution in [-0.2, 0) is 9.53 Å². The maximum atomic E-state index is 13.4. The molecule has 10 heteroatoms. The first-order chi connectivity index (χ1) is 15.3. The van der Waals surface area contributed by atoms with Crippen molar-refractivity contribution in [3.63, 3.8) is 0 Å². The number of benzene rings is 1. The van der Waals surface area contributed by atoms with Crippen LogP contribution in [0.3, 0.4) is 0 Å². The molecule has 1 atom stereocenters. The molecule has 32 heavy (non-hydrogen) atoms. The average molecular weight is 464 g/mol. The molecular weight excluding hydrogens is 441 g/mol. The highest BCUT2D eigenvalue weighted by Crippen LogP contribution is 2.30. The zero-order valence-corrected chi connectivity index (χ0v) is 18.2. The molecule has 1 fully saturated rings. The van der Waals surface area contributed by atoms with Crippen LogP contribution in [0.2, 0.25) is 5.02 Å². The number of hydrogen-bond acceptors (Lipinski definition) is 6. The fourth-order valence-electron chi connectivity index (χ4n) is 3.69. The highest BCUT2D eigenvalue weighted by atomic mass is 35.5. The average Bonchev–Trinajstić information content (AvgIpc) is 3.25. The standard InChI is InChI=1S/C22H23ClFN3O5/c1-22(27-20(29)18-11-25-21(32-18)13-4-6-30-7-5-13)9-14(10-22)26-19(28)12-31-15-2-3-16(23)17(24)8-15/h2-3,8-9,11,13H,4-7,10,12H2,1H3,(H,26,28)(H,27,29). The molecule has 1 unspecified atom stereocenters. The van der Waals surface area contributed by atoms with Gasteiger partial charge in [0, 0.05) is 37.3 Å². The predicted molar refractivity (Wildman–Crippen MR) is 113 cm³/mol. The number of nitrogens with one attached hydrogen (secondary N) is 2. The number of hydrogen-bond donors (Lipinski definition) is 2. The van der Waals surface area contributed by atoms with Gasteiger partial charge in [0.2, 0.25) is 5.76 Å². The van der Waals surface area contributed by atoms with Crippen molar-refractivity contribution in [3.8, 4) is 5.75 Å². The van der Waals surface area contributed by atoms with Gasteiger partial charge in [-0.25, -0.2) is 9.37 Å². The SMILES string of the molecule is CC1(NC(=O)c2cnc(C3CCOCC3)o2)C=C(NC(=O)COc2ccc(Cl)c(F)c2)C1. The molecule has 0 spiro atoms. The summed E-state index contributed by atoms with van der Waals surface area (Å²) < 4.78 is 29.7. The second-order valence-corrected chi connectivity index (χ2v) is 8.49. The van der Waals surface area contributed by atoms with Crippen molar-refractivity contribution in [1.29, 1.82) is 0 Å². The molecule has 0 saturated carbocycles. The summed E-state index contributed by atoms with van der Waals surface area (Å²) in [5.41, 5.74) is 0.0371. The lowest BCUT2D eigenvalue weighted by atomic mass is 9.84. The van der Waals surface area contributed by atoms with Gasteiger partial charge in [0.25, 0.3) is 11.8 Å². The van der Waals surface area contributed by atoms with E-state index in [-0.39, 0.29) is 35.0 Å². The summed E-state index contributed by atoms with van der Waals surface area (Å²) in [5, 5.41) is 5.57. The number of rotatable bonds is 7. The summed E-state index contributed by atoms with van der Waals surface area (Å²) >= 11 is 5.62. The van der Waals surface area contributed by atoms with Crippen LogP contribution in [0.25, 0.3) is 0 Å². The highest BCUT2D eigenvalue weighted by molar-refractivity contribution is 6.30. The van der Waals surface area contributed by atoms with Crippen LogP contribution in [0, 0.1) is 5.82 Å². The smallest absolute Gasteiger partial charge is 0.289 e. The Bertz CT molecular complexity index is 1050. The summed E-state index contributed by atoms with van der Waals surface area (Å²) in [7, 11) is 0. The van der Waals surface area contributed by atoms with E-state index in [0.717, 1.165) is 18.9 Å². The van der Waals surface area contributed by atoms with Crippen molar-refractivity contribution >= 4 is 23.4 Å². The van der Waals surface area contributed by atoms with Gasteiger partial charge in [-0.2, -0.15) is 0 Å². The maximum absolute atomic E-state index is 13.4. The van der Waals surface area contributed by atoms with Crippen LogP contribution < -0.4 is 15.4 Å². The van der Waals surface area contributed by atoms with Crippen LogP contribution in [0.1, 0.15) is 48.5 Å². The fraction of sp³-hybridized carbons (Fsp3) is 0.409. The van der Waals surface area contributed by atoms with Crippen LogP contribution in [0.15, 0.2) is 40.6 Å². The Morgan fingerprint density at radius 2 is 2.09 bits per heavy atom. The van der Waals surface area contributed by atoms with Crippen molar-refractivity contribution < 1.29 is 27.9 Å². The summed E-state index contributed by atoms with van der Waals surface area (Å²) in [6, 6.07) is 3.94. The molecule has 1 aromatic heterocycles. The monoisotopic (exact) mass is 463 g/mol. The molecule has 2 aromatic rings. The molecule has 2 heterocycles. The van der Waals surface area contributed by atoms with Gasteiger partial charge in [0.05, 0.1) is 16.8 Å². The lowest BCUT2D eigenvalue weighted by Crippen LogP contribution is -2.52. The molecule has 1 saturated heterocycles. The molecular formula is C22H23ClFN3O5. The molecule has 8 nitrogen and oxygen atoms in total. The van der Waals surface area contributed by atoms with Crippen molar-refractivity contribution in [2.24, 2.45) is 0 Å². The largest absolute Gasteiger partial charge is 0.484 e. The number of oxazole rings is 1. The zero-order valence-electron chi connectivity index (χ0n) is 17.5. The third-order valence-electron chi connectivity index (χ3n) is 5.33. The second kappa shape index (κ2) is 9.30. The van der Waals surface area contributed by atoms with Gasteiger partial charge < -0.3 is 24.5 Å².